The largest absolute Gasteiger partial charge is 0.416 e. The number of halogens is 3. The molecule has 1 aromatic rings. The molecule has 5 nitrogen and oxygen atoms in total. The van der Waals surface area contributed by atoms with Crippen molar-refractivity contribution in [2.45, 2.75) is 57.2 Å². The third kappa shape index (κ3) is 5.27. The summed E-state index contributed by atoms with van der Waals surface area (Å²) in [7, 11) is 0. The molecule has 4 rings (SSSR count). The van der Waals surface area contributed by atoms with E-state index in [1.165, 1.54) is 18.6 Å². The van der Waals surface area contributed by atoms with E-state index in [9.17, 15) is 22.8 Å². The van der Waals surface area contributed by atoms with Crippen molar-refractivity contribution in [2.24, 2.45) is 5.92 Å². The van der Waals surface area contributed by atoms with Gasteiger partial charge in [-0.25, -0.2) is 0 Å². The summed E-state index contributed by atoms with van der Waals surface area (Å²) < 4.78 is 38.2. The van der Waals surface area contributed by atoms with Crippen molar-refractivity contribution in [3.63, 3.8) is 0 Å². The predicted molar refractivity (Wildman–Crippen MR) is 115 cm³/mol. The van der Waals surface area contributed by atoms with Crippen LogP contribution in [-0.2, 0) is 11.0 Å². The molecule has 0 spiro atoms. The summed E-state index contributed by atoms with van der Waals surface area (Å²) in [6, 6.07) is 4.87. The second kappa shape index (κ2) is 9.81. The lowest BCUT2D eigenvalue weighted by Crippen LogP contribution is -2.50. The van der Waals surface area contributed by atoms with Crippen LogP contribution < -0.4 is 0 Å². The monoisotopic (exact) mass is 451 g/mol. The Morgan fingerprint density at radius 3 is 1.91 bits per heavy atom. The van der Waals surface area contributed by atoms with Crippen molar-refractivity contribution in [1.82, 2.24) is 14.7 Å². The standard InChI is InChI=1S/C24H32F3N3O2/c25-24(26,27)20-6-4-18(5-7-20)22(31)30-16-10-21(11-17-30)28-14-8-19(9-15-28)23(32)29-12-2-1-3-13-29/h4-7,19,21H,1-3,8-17H2. The lowest BCUT2D eigenvalue weighted by molar-refractivity contribution is -0.138. The summed E-state index contributed by atoms with van der Waals surface area (Å²) >= 11 is 0. The highest BCUT2D eigenvalue weighted by molar-refractivity contribution is 5.94. The lowest BCUT2D eigenvalue weighted by atomic mass is 9.91. The molecule has 1 aromatic carbocycles. The van der Waals surface area contributed by atoms with Crippen LogP contribution in [0, 0.1) is 5.92 Å². The van der Waals surface area contributed by atoms with Crippen molar-refractivity contribution in [2.75, 3.05) is 39.3 Å². The second-order valence-electron chi connectivity index (χ2n) is 9.29. The molecule has 8 heteroatoms. The minimum atomic E-state index is -4.40. The highest BCUT2D eigenvalue weighted by atomic mass is 19.4. The van der Waals surface area contributed by atoms with E-state index >= 15 is 0 Å². The highest BCUT2D eigenvalue weighted by Crippen LogP contribution is 2.30. The molecule has 0 saturated carbocycles. The number of carbonyl (C=O) groups is 2. The summed E-state index contributed by atoms with van der Waals surface area (Å²) in [5, 5.41) is 0. The van der Waals surface area contributed by atoms with Crippen molar-refractivity contribution in [3.8, 4) is 0 Å². The van der Waals surface area contributed by atoms with Gasteiger partial charge in [0.15, 0.2) is 0 Å². The molecule has 0 aliphatic carbocycles. The normalized spacial score (nSPS) is 22.2. The Hall–Kier alpha value is -2.09. The first-order valence-corrected chi connectivity index (χ1v) is 11.8. The van der Waals surface area contributed by atoms with Gasteiger partial charge in [0, 0.05) is 43.7 Å². The quantitative estimate of drug-likeness (QED) is 0.697. The maximum absolute atomic E-state index is 12.8. The van der Waals surface area contributed by atoms with Crippen molar-refractivity contribution in [3.05, 3.63) is 35.4 Å². The Labute approximate surface area is 187 Å². The minimum Gasteiger partial charge on any atom is -0.342 e. The molecule has 0 N–H and O–H groups in total. The summed E-state index contributed by atoms with van der Waals surface area (Å²) in [6.07, 6.45) is 2.59. The Morgan fingerprint density at radius 2 is 1.34 bits per heavy atom. The molecular formula is C24H32F3N3O2. The number of benzene rings is 1. The zero-order chi connectivity index (χ0) is 22.7. The Balaban J connectivity index is 1.23. The van der Waals surface area contributed by atoms with Gasteiger partial charge in [0.05, 0.1) is 5.56 Å². The number of hydrogen-bond acceptors (Lipinski definition) is 3. The number of amides is 2. The number of hydrogen-bond donors (Lipinski definition) is 0. The third-order valence-electron chi connectivity index (χ3n) is 7.27. The Kier molecular flexibility index (Phi) is 7.08. The first-order valence-electron chi connectivity index (χ1n) is 11.8. The minimum absolute atomic E-state index is 0.144. The zero-order valence-corrected chi connectivity index (χ0v) is 18.4. The molecular weight excluding hydrogens is 419 g/mol. The molecule has 2 amide bonds. The van der Waals surface area contributed by atoms with Gasteiger partial charge in [0.2, 0.25) is 5.91 Å². The lowest BCUT2D eigenvalue weighted by Gasteiger charge is -2.42. The van der Waals surface area contributed by atoms with Crippen LogP contribution in [-0.4, -0.2) is 71.8 Å². The van der Waals surface area contributed by atoms with E-state index in [4.69, 9.17) is 0 Å². The number of carbonyl (C=O) groups excluding carboxylic acids is 2. The number of alkyl halides is 3. The average Bonchev–Trinajstić information content (AvgIpc) is 2.83. The molecule has 3 fully saturated rings. The molecule has 3 heterocycles. The maximum atomic E-state index is 12.8. The van der Waals surface area contributed by atoms with Crippen LogP contribution >= 0.6 is 0 Å². The van der Waals surface area contributed by atoms with Crippen molar-refractivity contribution >= 4 is 11.8 Å². The number of nitrogens with zero attached hydrogens (tertiary/aromatic N) is 3. The molecule has 3 aliphatic rings. The Morgan fingerprint density at radius 1 is 0.750 bits per heavy atom. The number of likely N-dealkylation sites (tertiary alicyclic amines) is 3. The van der Waals surface area contributed by atoms with E-state index in [1.54, 1.807) is 4.90 Å². The summed E-state index contributed by atoms with van der Waals surface area (Å²) in [6.45, 7) is 4.87. The highest BCUT2D eigenvalue weighted by Gasteiger charge is 2.34. The molecule has 0 bridgehead atoms. The van der Waals surface area contributed by atoms with E-state index in [1.807, 2.05) is 0 Å². The van der Waals surface area contributed by atoms with Crippen LogP contribution in [0.25, 0.3) is 0 Å². The van der Waals surface area contributed by atoms with Crippen LogP contribution in [0.2, 0.25) is 0 Å². The molecule has 0 radical (unpaired) electrons. The van der Waals surface area contributed by atoms with Gasteiger partial charge in [-0.05, 0) is 82.3 Å². The van der Waals surface area contributed by atoms with Crippen LogP contribution in [0.15, 0.2) is 24.3 Å². The SMILES string of the molecule is O=C(c1ccc(C(F)(F)F)cc1)N1CCC(N2CCC(C(=O)N3CCCCC3)CC2)CC1. The number of rotatable bonds is 3. The maximum Gasteiger partial charge on any atom is 0.416 e. The predicted octanol–water partition coefficient (Wildman–Crippen LogP) is 4.03. The fourth-order valence-electron chi connectivity index (χ4n) is 5.30. The average molecular weight is 452 g/mol. The number of piperidine rings is 3. The molecule has 32 heavy (non-hydrogen) atoms. The van der Waals surface area contributed by atoms with Crippen LogP contribution in [0.3, 0.4) is 0 Å². The van der Waals surface area contributed by atoms with Gasteiger partial charge >= 0.3 is 6.18 Å². The van der Waals surface area contributed by atoms with E-state index < -0.39 is 11.7 Å². The van der Waals surface area contributed by atoms with Gasteiger partial charge < -0.3 is 14.7 Å². The molecule has 0 atom stereocenters. The van der Waals surface area contributed by atoms with E-state index in [0.29, 0.717) is 30.6 Å². The molecule has 3 aliphatic heterocycles. The van der Waals surface area contributed by atoms with Crippen molar-refractivity contribution < 1.29 is 22.8 Å². The molecule has 3 saturated heterocycles. The molecule has 0 aromatic heterocycles. The van der Waals surface area contributed by atoms with Gasteiger partial charge in [0.1, 0.15) is 0 Å². The van der Waals surface area contributed by atoms with Crippen LogP contribution in [0.1, 0.15) is 60.9 Å². The molecule has 0 unspecified atom stereocenters. The zero-order valence-electron chi connectivity index (χ0n) is 18.4. The van der Waals surface area contributed by atoms with Crippen LogP contribution in [0.5, 0.6) is 0 Å². The van der Waals surface area contributed by atoms with Gasteiger partial charge in [-0.3, -0.25) is 9.59 Å². The summed E-state index contributed by atoms with van der Waals surface area (Å²) in [4.78, 5) is 31.7. The summed E-state index contributed by atoms with van der Waals surface area (Å²) in [5.74, 6) is 0.273. The second-order valence-corrected chi connectivity index (χ2v) is 9.29. The van der Waals surface area contributed by atoms with Gasteiger partial charge in [0.25, 0.3) is 5.91 Å². The fraction of sp³-hybridized carbons (Fsp3) is 0.667. The third-order valence-corrected chi connectivity index (χ3v) is 7.27. The molecule has 176 valence electrons. The van der Waals surface area contributed by atoms with E-state index in [-0.39, 0.29) is 11.8 Å². The first kappa shape index (κ1) is 23.1. The van der Waals surface area contributed by atoms with Crippen molar-refractivity contribution in [1.29, 1.82) is 0 Å². The van der Waals surface area contributed by atoms with E-state index in [0.717, 1.165) is 76.8 Å². The first-order chi connectivity index (χ1) is 15.3. The van der Waals surface area contributed by atoms with Gasteiger partial charge in [-0.2, -0.15) is 13.2 Å². The van der Waals surface area contributed by atoms with Gasteiger partial charge in [-0.1, -0.05) is 0 Å². The van der Waals surface area contributed by atoms with Crippen LogP contribution in [0.4, 0.5) is 13.2 Å². The Bertz CT molecular complexity index is 790. The topological polar surface area (TPSA) is 43.9 Å². The smallest absolute Gasteiger partial charge is 0.342 e. The van der Waals surface area contributed by atoms with E-state index in [2.05, 4.69) is 9.80 Å². The fourth-order valence-corrected chi connectivity index (χ4v) is 5.30. The van der Waals surface area contributed by atoms with Gasteiger partial charge in [-0.15, -0.1) is 0 Å². The summed E-state index contributed by atoms with van der Waals surface area (Å²) in [5.41, 5.74) is -0.441.